The van der Waals surface area contributed by atoms with Gasteiger partial charge >= 0.3 is 0 Å². The van der Waals surface area contributed by atoms with Crippen LogP contribution in [0.3, 0.4) is 0 Å². The summed E-state index contributed by atoms with van der Waals surface area (Å²) in [7, 11) is 0. The molecule has 27 heavy (non-hydrogen) atoms. The SMILES string of the molecule is CC(C)(CC(c1cc(Cl)c(Cl)cc1O)C1CCN(CC(F)F)CC1)[S+](N)[O-]. The van der Waals surface area contributed by atoms with Crippen LogP contribution < -0.4 is 5.14 Å². The summed E-state index contributed by atoms with van der Waals surface area (Å²) in [6, 6.07) is 3.05. The van der Waals surface area contributed by atoms with Gasteiger partial charge in [0.15, 0.2) is 0 Å². The van der Waals surface area contributed by atoms with Crippen molar-refractivity contribution in [1.29, 1.82) is 0 Å². The minimum atomic E-state index is -2.35. The average molecular weight is 443 g/mol. The van der Waals surface area contributed by atoms with Gasteiger partial charge < -0.3 is 9.66 Å². The fourth-order valence-electron chi connectivity index (χ4n) is 3.72. The highest BCUT2D eigenvalue weighted by atomic mass is 35.5. The second kappa shape index (κ2) is 9.46. The molecule has 0 bridgehead atoms. The van der Waals surface area contributed by atoms with Gasteiger partial charge in [0.1, 0.15) is 10.5 Å². The van der Waals surface area contributed by atoms with Crippen molar-refractivity contribution in [3.8, 4) is 5.75 Å². The van der Waals surface area contributed by atoms with Crippen LogP contribution in [0, 0.1) is 5.92 Å². The minimum Gasteiger partial charge on any atom is -0.598 e. The van der Waals surface area contributed by atoms with Gasteiger partial charge in [-0.2, -0.15) is 5.14 Å². The molecule has 1 heterocycles. The fraction of sp³-hybridized carbons (Fsp3) is 0.667. The molecular weight excluding hydrogens is 417 g/mol. The standard InChI is InChI=1S/C18H26Cl2F2N2O2S/c1-18(2,27(23)26)9-13(12-7-14(19)15(20)8-16(12)25)11-3-5-24(6-4-11)10-17(21)22/h7-8,11,13,17,25H,3-6,9-10,23H2,1-2H3. The maximum absolute atomic E-state index is 12.6. The Kier molecular flexibility index (Phi) is 8.05. The van der Waals surface area contributed by atoms with Gasteiger partial charge in [-0.05, 0) is 63.2 Å². The molecule has 1 aromatic carbocycles. The van der Waals surface area contributed by atoms with Crippen LogP contribution in [0.1, 0.15) is 44.6 Å². The molecule has 9 heteroatoms. The van der Waals surface area contributed by atoms with E-state index in [1.165, 1.54) is 6.07 Å². The maximum Gasteiger partial charge on any atom is 0.251 e. The van der Waals surface area contributed by atoms with Crippen molar-refractivity contribution in [2.45, 2.75) is 50.2 Å². The Morgan fingerprint density at radius 1 is 1.30 bits per heavy atom. The van der Waals surface area contributed by atoms with Crippen molar-refractivity contribution >= 4 is 34.6 Å². The Balaban J connectivity index is 2.28. The lowest BCUT2D eigenvalue weighted by molar-refractivity contribution is 0.0647. The summed E-state index contributed by atoms with van der Waals surface area (Å²) in [5, 5.41) is 16.7. The predicted octanol–water partition coefficient (Wildman–Crippen LogP) is 4.55. The fourth-order valence-corrected chi connectivity index (χ4v) is 4.40. The largest absolute Gasteiger partial charge is 0.598 e. The van der Waals surface area contributed by atoms with Gasteiger partial charge in [-0.25, -0.2) is 8.78 Å². The molecule has 0 radical (unpaired) electrons. The van der Waals surface area contributed by atoms with Gasteiger partial charge in [0.05, 0.1) is 16.6 Å². The van der Waals surface area contributed by atoms with E-state index < -0.39 is 22.5 Å². The van der Waals surface area contributed by atoms with Gasteiger partial charge in [-0.1, -0.05) is 23.2 Å². The van der Waals surface area contributed by atoms with E-state index in [4.69, 9.17) is 28.3 Å². The average Bonchev–Trinajstić information content (AvgIpc) is 2.56. The van der Waals surface area contributed by atoms with Gasteiger partial charge in [0.2, 0.25) is 0 Å². The molecule has 2 atom stereocenters. The van der Waals surface area contributed by atoms with Crippen molar-refractivity contribution in [2.75, 3.05) is 19.6 Å². The molecule has 4 nitrogen and oxygen atoms in total. The first-order chi connectivity index (χ1) is 12.5. The highest BCUT2D eigenvalue weighted by molar-refractivity contribution is 7.90. The molecule has 1 saturated heterocycles. The van der Waals surface area contributed by atoms with Crippen molar-refractivity contribution in [3.05, 3.63) is 27.7 Å². The first-order valence-electron chi connectivity index (χ1n) is 8.86. The van der Waals surface area contributed by atoms with Gasteiger partial charge in [-0.3, -0.25) is 4.90 Å². The Hall–Kier alpha value is -0.310. The first kappa shape index (κ1) is 23.0. The van der Waals surface area contributed by atoms with Gasteiger partial charge in [0, 0.05) is 23.8 Å². The highest BCUT2D eigenvalue weighted by Crippen LogP contribution is 2.45. The van der Waals surface area contributed by atoms with E-state index in [0.29, 0.717) is 42.9 Å². The lowest BCUT2D eigenvalue weighted by Gasteiger charge is -2.39. The van der Waals surface area contributed by atoms with Crippen molar-refractivity contribution in [1.82, 2.24) is 4.90 Å². The van der Waals surface area contributed by atoms with Gasteiger partial charge in [-0.15, -0.1) is 0 Å². The zero-order valence-electron chi connectivity index (χ0n) is 15.4. The van der Waals surface area contributed by atoms with Crippen LogP contribution in [0.25, 0.3) is 0 Å². The summed E-state index contributed by atoms with van der Waals surface area (Å²) >= 11 is 10.6. The Morgan fingerprint density at radius 2 is 1.85 bits per heavy atom. The zero-order valence-corrected chi connectivity index (χ0v) is 17.8. The van der Waals surface area contributed by atoms with Crippen LogP contribution in [0.2, 0.25) is 10.0 Å². The van der Waals surface area contributed by atoms with Crippen LogP contribution in [0.4, 0.5) is 8.78 Å². The molecule has 0 aliphatic carbocycles. The first-order valence-corrected chi connectivity index (χ1v) is 10.8. The van der Waals surface area contributed by atoms with Crippen LogP contribution >= 0.6 is 23.2 Å². The summed E-state index contributed by atoms with van der Waals surface area (Å²) < 4.78 is 36.6. The number of halogens is 4. The van der Waals surface area contributed by atoms with E-state index in [-0.39, 0.29) is 29.2 Å². The summed E-state index contributed by atoms with van der Waals surface area (Å²) in [6.07, 6.45) is -0.481. The predicted molar refractivity (Wildman–Crippen MR) is 107 cm³/mol. The van der Waals surface area contributed by atoms with Crippen molar-refractivity contribution in [3.63, 3.8) is 0 Å². The maximum atomic E-state index is 12.6. The zero-order chi connectivity index (χ0) is 20.4. The number of nitrogens with zero attached hydrogens (tertiary/aromatic N) is 1. The molecule has 3 N–H and O–H groups in total. The third-order valence-corrected chi connectivity index (χ3v) is 7.30. The monoisotopic (exact) mass is 442 g/mol. The van der Waals surface area contributed by atoms with Crippen LogP contribution in [-0.4, -0.2) is 45.4 Å². The minimum absolute atomic E-state index is 0.0306. The third-order valence-electron chi connectivity index (χ3n) is 5.32. The molecule has 154 valence electrons. The number of aromatic hydroxyl groups is 1. The van der Waals surface area contributed by atoms with Crippen molar-refractivity contribution < 1.29 is 18.4 Å². The molecule has 0 aromatic heterocycles. The number of alkyl halides is 2. The molecular formula is C18H26Cl2F2N2O2S. The summed E-state index contributed by atoms with van der Waals surface area (Å²) in [5.41, 5.74) is 0.634. The number of rotatable bonds is 7. The summed E-state index contributed by atoms with van der Waals surface area (Å²) in [5.74, 6) is 0.00358. The van der Waals surface area contributed by atoms with E-state index in [2.05, 4.69) is 0 Å². The molecule has 1 aliphatic rings. The van der Waals surface area contributed by atoms with E-state index in [1.54, 1.807) is 11.0 Å². The molecule has 1 aromatic rings. The number of nitrogens with two attached hydrogens (primary N) is 1. The Labute approximate surface area is 172 Å². The topological polar surface area (TPSA) is 72.5 Å². The third kappa shape index (κ3) is 6.08. The molecule has 1 aliphatic heterocycles. The molecule has 2 unspecified atom stereocenters. The number of phenolic OH excluding ortho intramolecular Hbond substituents is 1. The second-order valence-electron chi connectivity index (χ2n) is 7.72. The number of benzene rings is 1. The lowest BCUT2D eigenvalue weighted by Crippen LogP contribution is -2.42. The van der Waals surface area contributed by atoms with E-state index in [1.807, 2.05) is 13.8 Å². The van der Waals surface area contributed by atoms with Gasteiger partial charge in [0.25, 0.3) is 6.43 Å². The number of phenols is 1. The number of hydrogen-bond acceptors (Lipinski definition) is 4. The molecule has 0 amide bonds. The molecule has 1 fully saturated rings. The van der Waals surface area contributed by atoms with Crippen LogP contribution in [0.5, 0.6) is 5.75 Å². The second-order valence-corrected chi connectivity index (χ2v) is 10.2. The highest BCUT2D eigenvalue weighted by Gasteiger charge is 2.39. The van der Waals surface area contributed by atoms with Crippen molar-refractivity contribution in [2.24, 2.45) is 11.1 Å². The van der Waals surface area contributed by atoms with Crippen LogP contribution in [-0.2, 0) is 11.4 Å². The normalized spacial score (nSPS) is 19.4. The molecule has 0 saturated carbocycles. The lowest BCUT2D eigenvalue weighted by atomic mass is 9.75. The van der Waals surface area contributed by atoms with E-state index in [0.717, 1.165) is 0 Å². The summed E-state index contributed by atoms with van der Waals surface area (Å²) in [6.45, 7) is 4.51. The molecule has 0 spiro atoms. The smallest absolute Gasteiger partial charge is 0.251 e. The quantitative estimate of drug-likeness (QED) is 0.607. The summed E-state index contributed by atoms with van der Waals surface area (Å²) in [4.78, 5) is 1.75. The van der Waals surface area contributed by atoms with E-state index >= 15 is 0 Å². The van der Waals surface area contributed by atoms with E-state index in [9.17, 15) is 18.4 Å². The number of piperidine rings is 1. The number of likely N-dealkylation sites (tertiary alicyclic amines) is 1. The molecule has 2 rings (SSSR count). The Bertz CT molecular complexity index is 642. The Morgan fingerprint density at radius 3 is 2.37 bits per heavy atom. The van der Waals surface area contributed by atoms with Crippen LogP contribution in [0.15, 0.2) is 12.1 Å². The number of hydrogen-bond donors (Lipinski definition) is 2.